The number of furan rings is 1. The molecule has 0 amide bonds. The van der Waals surface area contributed by atoms with Gasteiger partial charge in [-0.2, -0.15) is 0 Å². The zero-order valence-corrected chi connectivity index (χ0v) is 28.3. The maximum absolute atomic E-state index is 12.2. The highest BCUT2D eigenvalue weighted by molar-refractivity contribution is 6.74. The van der Waals surface area contributed by atoms with Gasteiger partial charge in [0.15, 0.2) is 24.6 Å². The summed E-state index contributed by atoms with van der Waals surface area (Å²) in [5.74, 6) is -2.95. The molecule has 1 fully saturated rings. The molecule has 0 saturated carbocycles. The lowest BCUT2D eigenvalue weighted by Gasteiger charge is -2.45. The van der Waals surface area contributed by atoms with Crippen LogP contribution in [0.1, 0.15) is 66.8 Å². The summed E-state index contributed by atoms with van der Waals surface area (Å²) in [4.78, 5) is 58.7. The van der Waals surface area contributed by atoms with Crippen LogP contribution in [0.3, 0.4) is 0 Å². The molecular weight excluding hydrogens is 630 g/mol. The van der Waals surface area contributed by atoms with Crippen molar-refractivity contribution in [2.45, 2.75) is 116 Å². The molecule has 0 N–H and O–H groups in total. The second kappa shape index (κ2) is 14.7. The molecule has 0 aromatic carbocycles. The van der Waals surface area contributed by atoms with Crippen LogP contribution in [0.15, 0.2) is 28.4 Å². The molecule has 46 heavy (non-hydrogen) atoms. The quantitative estimate of drug-likeness (QED) is 0.107. The molecule has 1 saturated heterocycles. The third-order valence-corrected chi connectivity index (χ3v) is 11.9. The second-order valence-corrected chi connectivity index (χ2v) is 17.1. The Labute approximate surface area is 266 Å². The van der Waals surface area contributed by atoms with Crippen molar-refractivity contribution in [3.8, 4) is 0 Å². The molecule has 2 aliphatic rings. The minimum atomic E-state index is -2.41. The molecule has 7 atom stereocenters. The van der Waals surface area contributed by atoms with E-state index < -0.39 is 92.7 Å². The van der Waals surface area contributed by atoms with Crippen LogP contribution in [0.2, 0.25) is 18.1 Å². The Morgan fingerprint density at radius 2 is 1.50 bits per heavy atom. The van der Waals surface area contributed by atoms with Gasteiger partial charge in [0.1, 0.15) is 29.5 Å². The van der Waals surface area contributed by atoms with Gasteiger partial charge < -0.3 is 42.0 Å². The number of carbonyl (C=O) groups is 4. The largest absolute Gasteiger partial charge is 0.546 e. The first-order valence-electron chi connectivity index (χ1n) is 14.5. The maximum atomic E-state index is 12.2. The third kappa shape index (κ3) is 9.60. The topological polar surface area (TPSA) is 198 Å². The van der Waals surface area contributed by atoms with Crippen molar-refractivity contribution in [1.29, 1.82) is 0 Å². The van der Waals surface area contributed by atoms with E-state index >= 15 is 0 Å². The molecule has 1 aromatic heterocycles. The summed E-state index contributed by atoms with van der Waals surface area (Å²) in [6.45, 7) is 14.3. The predicted molar refractivity (Wildman–Crippen MR) is 157 cm³/mol. The molecule has 0 spiro atoms. The standard InChI is InChI=1S/C29H41NO15Si/c1-15(31)37-14-22-25(38-16(2)32)26(39-17(3)33)27(40-18(4)34)28(43-22)44-24-13-19(45-46(8,9)29(5,6)7)12-21(42-24)20-10-11-23(41-20)30(35)36/h10-11,13,21-22,24-28H,12,14H2,1-9H3/t21-,22+,24-,25+,26-,27+,28-/m0/s1. The zero-order chi connectivity index (χ0) is 34.6. The van der Waals surface area contributed by atoms with E-state index in [1.54, 1.807) is 6.08 Å². The molecule has 3 heterocycles. The lowest BCUT2D eigenvalue weighted by atomic mass is 9.98. The first-order valence-corrected chi connectivity index (χ1v) is 17.4. The Bertz CT molecular complexity index is 1330. The normalized spacial score (nSPS) is 26.7. The number of rotatable bonds is 11. The number of ether oxygens (including phenoxy) is 7. The number of hydrogen-bond donors (Lipinski definition) is 0. The van der Waals surface area contributed by atoms with Crippen molar-refractivity contribution in [2.24, 2.45) is 0 Å². The highest BCUT2D eigenvalue weighted by atomic mass is 28.4. The van der Waals surface area contributed by atoms with Crippen molar-refractivity contribution in [3.63, 3.8) is 0 Å². The number of carbonyl (C=O) groups excluding carboxylic acids is 4. The van der Waals surface area contributed by atoms with E-state index in [0.29, 0.717) is 5.76 Å². The summed E-state index contributed by atoms with van der Waals surface area (Å²) in [6.07, 6.45) is -7.61. The third-order valence-electron chi connectivity index (χ3n) is 7.53. The Kier molecular flexibility index (Phi) is 11.7. The molecule has 16 nitrogen and oxygen atoms in total. The molecule has 2 aliphatic heterocycles. The summed E-state index contributed by atoms with van der Waals surface area (Å²) in [5.41, 5.74) is 0. The van der Waals surface area contributed by atoms with Gasteiger partial charge in [-0.15, -0.1) is 0 Å². The zero-order valence-electron chi connectivity index (χ0n) is 27.3. The van der Waals surface area contributed by atoms with Crippen LogP contribution in [-0.2, 0) is 56.8 Å². The Morgan fingerprint density at radius 1 is 0.913 bits per heavy atom. The number of nitrogens with zero attached hydrogens (tertiary/aromatic N) is 1. The molecule has 256 valence electrons. The Morgan fingerprint density at radius 3 is 2.02 bits per heavy atom. The minimum Gasteiger partial charge on any atom is -0.546 e. The lowest BCUT2D eigenvalue weighted by Crippen LogP contribution is -2.63. The van der Waals surface area contributed by atoms with Crippen LogP contribution in [-0.4, -0.2) is 80.7 Å². The van der Waals surface area contributed by atoms with Crippen LogP contribution in [0.25, 0.3) is 0 Å². The number of hydrogen-bond acceptors (Lipinski definition) is 15. The first kappa shape index (κ1) is 36.7. The van der Waals surface area contributed by atoms with Gasteiger partial charge in [0.2, 0.25) is 14.6 Å². The molecule has 1 aromatic rings. The highest BCUT2D eigenvalue weighted by Gasteiger charge is 2.54. The molecule has 0 aliphatic carbocycles. The molecular formula is C29H41NO15Si. The van der Waals surface area contributed by atoms with Crippen LogP contribution in [0.5, 0.6) is 0 Å². The van der Waals surface area contributed by atoms with Crippen molar-refractivity contribution in [3.05, 3.63) is 39.8 Å². The molecule has 0 bridgehead atoms. The van der Waals surface area contributed by atoms with Crippen LogP contribution >= 0.6 is 0 Å². The van der Waals surface area contributed by atoms with Crippen molar-refractivity contribution in [1.82, 2.24) is 0 Å². The van der Waals surface area contributed by atoms with Gasteiger partial charge in [-0.3, -0.25) is 29.3 Å². The molecule has 0 radical (unpaired) electrons. The van der Waals surface area contributed by atoms with E-state index in [4.69, 9.17) is 42.0 Å². The van der Waals surface area contributed by atoms with Gasteiger partial charge in [0.25, 0.3) is 0 Å². The first-order chi connectivity index (χ1) is 21.3. The van der Waals surface area contributed by atoms with Crippen molar-refractivity contribution in [2.75, 3.05) is 6.61 Å². The summed E-state index contributed by atoms with van der Waals surface area (Å²) in [5, 5.41) is 11.1. The van der Waals surface area contributed by atoms with Gasteiger partial charge in [-0.1, -0.05) is 20.8 Å². The van der Waals surface area contributed by atoms with E-state index in [2.05, 4.69) is 20.8 Å². The van der Waals surface area contributed by atoms with Crippen LogP contribution < -0.4 is 0 Å². The average molecular weight is 672 g/mol. The van der Waals surface area contributed by atoms with Gasteiger partial charge >= 0.3 is 29.8 Å². The summed E-state index contributed by atoms with van der Waals surface area (Å²) in [6, 6.07) is 2.60. The lowest BCUT2D eigenvalue weighted by molar-refractivity contribution is -0.402. The fraction of sp³-hybridized carbons (Fsp3) is 0.655. The monoisotopic (exact) mass is 671 g/mol. The summed E-state index contributed by atoms with van der Waals surface area (Å²) < 4.78 is 51.7. The maximum Gasteiger partial charge on any atom is 0.433 e. The fourth-order valence-electron chi connectivity index (χ4n) is 4.49. The average Bonchev–Trinajstić information content (AvgIpc) is 3.40. The fourth-order valence-corrected chi connectivity index (χ4v) is 5.60. The molecule has 3 rings (SSSR count). The Hall–Kier alpha value is -3.80. The smallest absolute Gasteiger partial charge is 0.433 e. The molecule has 17 heteroatoms. The van der Waals surface area contributed by atoms with Gasteiger partial charge in [0.05, 0.1) is 11.8 Å². The van der Waals surface area contributed by atoms with Crippen molar-refractivity contribution >= 4 is 38.1 Å². The van der Waals surface area contributed by atoms with Gasteiger partial charge in [0, 0.05) is 40.2 Å². The van der Waals surface area contributed by atoms with E-state index in [1.165, 1.54) is 12.1 Å². The summed E-state index contributed by atoms with van der Waals surface area (Å²) in [7, 11) is -2.41. The number of esters is 4. The SMILES string of the molecule is CC(=O)OC[C@H]1O[C@@H](O[C@H]2C=C(O[Si](C)(C)C(C)(C)C)C[C@@H](c3ccc([N+](=O)[O-])o3)O2)[C@H](OC(C)=O)[C@@H](OC(C)=O)[C@@H]1OC(C)=O. The molecule has 0 unspecified atom stereocenters. The van der Waals surface area contributed by atoms with Crippen LogP contribution in [0, 0.1) is 10.1 Å². The van der Waals surface area contributed by atoms with E-state index in [9.17, 15) is 29.3 Å². The Balaban J connectivity index is 2.05. The van der Waals surface area contributed by atoms with Crippen molar-refractivity contribution < 1.29 is 66.1 Å². The predicted octanol–water partition coefficient (Wildman–Crippen LogP) is 3.98. The van der Waals surface area contributed by atoms with Crippen LogP contribution in [0.4, 0.5) is 5.88 Å². The van der Waals surface area contributed by atoms with Gasteiger partial charge in [-0.05, 0) is 24.2 Å². The summed E-state index contributed by atoms with van der Waals surface area (Å²) >= 11 is 0. The second-order valence-electron chi connectivity index (χ2n) is 12.3. The van der Waals surface area contributed by atoms with Gasteiger partial charge in [-0.25, -0.2) is 0 Å². The van der Waals surface area contributed by atoms with E-state index in [-0.39, 0.29) is 17.2 Å². The highest BCUT2D eigenvalue weighted by Crippen LogP contribution is 2.42. The van der Waals surface area contributed by atoms with E-state index in [1.807, 2.05) is 13.1 Å². The minimum absolute atomic E-state index is 0.131. The number of nitro groups is 1. The van der Waals surface area contributed by atoms with E-state index in [0.717, 1.165) is 27.7 Å².